The summed E-state index contributed by atoms with van der Waals surface area (Å²) in [6.07, 6.45) is 2.16. The van der Waals surface area contributed by atoms with Crippen LogP contribution in [0, 0.1) is 0 Å². The Labute approximate surface area is 119 Å². The first-order valence-corrected chi connectivity index (χ1v) is 8.88. The van der Waals surface area contributed by atoms with E-state index >= 15 is 0 Å². The Hall–Kier alpha value is -1.07. The molecule has 3 unspecified atom stereocenters. The molecule has 4 nitrogen and oxygen atoms in total. The zero-order valence-electron chi connectivity index (χ0n) is 11.6. The van der Waals surface area contributed by atoms with E-state index in [-0.39, 0.29) is 11.9 Å². The molecule has 0 aliphatic carbocycles. The lowest BCUT2D eigenvalue weighted by Crippen LogP contribution is -2.33. The maximum Gasteiger partial charge on any atom is 0.156 e. The summed E-state index contributed by atoms with van der Waals surface area (Å²) in [6.45, 7) is 2.00. The molecule has 2 aliphatic rings. The number of sulfone groups is 1. The van der Waals surface area contributed by atoms with Gasteiger partial charge in [-0.15, -0.1) is 0 Å². The first kappa shape index (κ1) is 13.9. The molecule has 2 heterocycles. The van der Waals surface area contributed by atoms with Crippen LogP contribution in [0.25, 0.3) is 0 Å². The van der Waals surface area contributed by atoms with Crippen molar-refractivity contribution in [3.63, 3.8) is 0 Å². The first-order valence-electron chi connectivity index (χ1n) is 7.16. The average Bonchev–Trinajstić information content (AvgIpc) is 2.76. The SMILES string of the molecule is CC1Cc2cc(C(O)C3CCCCS3(=O)=O)ccc2O1. The Morgan fingerprint density at radius 1 is 1.35 bits per heavy atom. The third-order valence-corrected chi connectivity index (χ3v) is 6.52. The van der Waals surface area contributed by atoms with E-state index < -0.39 is 21.2 Å². The van der Waals surface area contributed by atoms with Gasteiger partial charge in [-0.3, -0.25) is 0 Å². The highest BCUT2D eigenvalue weighted by Crippen LogP contribution is 2.35. The Bertz CT molecular complexity index is 608. The number of fused-ring (bicyclic) bond motifs is 1. The van der Waals surface area contributed by atoms with Crippen molar-refractivity contribution >= 4 is 9.84 Å². The van der Waals surface area contributed by atoms with Crippen LogP contribution in [0.4, 0.5) is 0 Å². The lowest BCUT2D eigenvalue weighted by molar-refractivity contribution is 0.164. The van der Waals surface area contributed by atoms with Crippen LogP contribution in [0.2, 0.25) is 0 Å². The van der Waals surface area contributed by atoms with Gasteiger partial charge in [0.25, 0.3) is 0 Å². The molecule has 1 saturated heterocycles. The van der Waals surface area contributed by atoms with Crippen LogP contribution in [0.3, 0.4) is 0 Å². The molecule has 20 heavy (non-hydrogen) atoms. The van der Waals surface area contributed by atoms with Gasteiger partial charge in [-0.2, -0.15) is 0 Å². The van der Waals surface area contributed by atoms with Crippen LogP contribution in [-0.4, -0.2) is 30.6 Å². The second kappa shape index (κ2) is 5.04. The maximum absolute atomic E-state index is 12.1. The highest BCUT2D eigenvalue weighted by molar-refractivity contribution is 7.92. The highest BCUT2D eigenvalue weighted by Gasteiger charge is 2.35. The van der Waals surface area contributed by atoms with Crippen molar-refractivity contribution in [2.24, 2.45) is 0 Å². The number of hydrogen-bond donors (Lipinski definition) is 1. The minimum absolute atomic E-state index is 0.149. The summed E-state index contributed by atoms with van der Waals surface area (Å²) < 4.78 is 29.8. The third-order valence-electron chi connectivity index (χ3n) is 4.24. The Morgan fingerprint density at radius 2 is 2.15 bits per heavy atom. The molecule has 1 fully saturated rings. The summed E-state index contributed by atoms with van der Waals surface area (Å²) >= 11 is 0. The first-order chi connectivity index (χ1) is 9.47. The quantitative estimate of drug-likeness (QED) is 0.907. The molecule has 1 aromatic carbocycles. The minimum atomic E-state index is -3.18. The number of ether oxygens (including phenoxy) is 1. The van der Waals surface area contributed by atoms with E-state index in [1.54, 1.807) is 6.07 Å². The summed E-state index contributed by atoms with van der Waals surface area (Å²) in [5, 5.41) is 9.80. The van der Waals surface area contributed by atoms with Gasteiger partial charge in [-0.05, 0) is 43.0 Å². The van der Waals surface area contributed by atoms with E-state index in [1.807, 2.05) is 19.1 Å². The molecule has 0 bridgehead atoms. The highest BCUT2D eigenvalue weighted by atomic mass is 32.2. The smallest absolute Gasteiger partial charge is 0.156 e. The molecular formula is C15H20O4S. The zero-order chi connectivity index (χ0) is 14.3. The molecule has 0 aromatic heterocycles. The maximum atomic E-state index is 12.1. The third kappa shape index (κ3) is 2.44. The lowest BCUT2D eigenvalue weighted by atomic mass is 9.99. The van der Waals surface area contributed by atoms with Crippen LogP contribution >= 0.6 is 0 Å². The van der Waals surface area contributed by atoms with E-state index in [1.165, 1.54) is 0 Å². The number of rotatable bonds is 2. The molecule has 2 aliphatic heterocycles. The van der Waals surface area contributed by atoms with E-state index in [0.717, 1.165) is 24.2 Å². The van der Waals surface area contributed by atoms with Crippen LogP contribution in [0.15, 0.2) is 18.2 Å². The van der Waals surface area contributed by atoms with Gasteiger partial charge < -0.3 is 9.84 Å². The normalized spacial score (nSPS) is 29.5. The van der Waals surface area contributed by atoms with Crippen LogP contribution in [0.1, 0.15) is 43.4 Å². The molecule has 0 radical (unpaired) electrons. The largest absolute Gasteiger partial charge is 0.490 e. The van der Waals surface area contributed by atoms with Crippen LogP contribution < -0.4 is 4.74 Å². The van der Waals surface area contributed by atoms with E-state index in [9.17, 15) is 13.5 Å². The van der Waals surface area contributed by atoms with Crippen molar-refractivity contribution < 1.29 is 18.3 Å². The summed E-state index contributed by atoms with van der Waals surface area (Å²) in [6, 6.07) is 5.52. The molecule has 5 heteroatoms. The molecule has 1 N–H and O–H groups in total. The predicted molar refractivity (Wildman–Crippen MR) is 76.6 cm³/mol. The average molecular weight is 296 g/mol. The van der Waals surface area contributed by atoms with Gasteiger partial charge in [-0.25, -0.2) is 8.42 Å². The fourth-order valence-electron chi connectivity index (χ4n) is 3.17. The monoisotopic (exact) mass is 296 g/mol. The van der Waals surface area contributed by atoms with Gasteiger partial charge in [-0.1, -0.05) is 12.5 Å². The molecule has 0 spiro atoms. The van der Waals surface area contributed by atoms with Crippen molar-refractivity contribution in [2.75, 3.05) is 5.75 Å². The molecule has 110 valence electrons. The molecule has 3 rings (SSSR count). The second-order valence-corrected chi connectivity index (χ2v) is 8.19. The molecule has 1 aromatic rings. The van der Waals surface area contributed by atoms with Gasteiger partial charge >= 0.3 is 0 Å². The fraction of sp³-hybridized carbons (Fsp3) is 0.600. The van der Waals surface area contributed by atoms with Gasteiger partial charge in [0.1, 0.15) is 11.9 Å². The van der Waals surface area contributed by atoms with Crippen molar-refractivity contribution in [3.05, 3.63) is 29.3 Å². The van der Waals surface area contributed by atoms with Crippen LogP contribution in [0.5, 0.6) is 5.75 Å². The standard InChI is InChI=1S/C15H20O4S/c1-10-8-12-9-11(5-6-13(12)19-10)15(16)14-4-2-3-7-20(14,17)18/h5-6,9-10,14-16H,2-4,7-8H2,1H3. The van der Waals surface area contributed by atoms with Crippen molar-refractivity contribution in [1.29, 1.82) is 0 Å². The number of benzene rings is 1. The molecule has 0 saturated carbocycles. The van der Waals surface area contributed by atoms with Crippen molar-refractivity contribution in [3.8, 4) is 5.75 Å². The van der Waals surface area contributed by atoms with Crippen molar-refractivity contribution in [1.82, 2.24) is 0 Å². The van der Waals surface area contributed by atoms with Crippen LogP contribution in [-0.2, 0) is 16.3 Å². The second-order valence-electron chi connectivity index (χ2n) is 5.85. The zero-order valence-corrected chi connectivity index (χ0v) is 12.4. The Balaban J connectivity index is 1.88. The molecular weight excluding hydrogens is 276 g/mol. The summed E-state index contributed by atoms with van der Waals surface area (Å²) in [5.41, 5.74) is 1.75. The van der Waals surface area contributed by atoms with E-state index in [2.05, 4.69) is 0 Å². The number of aliphatic hydroxyl groups is 1. The topological polar surface area (TPSA) is 63.6 Å². The molecule has 0 amide bonds. The summed E-state index contributed by atoms with van der Waals surface area (Å²) in [5.74, 6) is 1.04. The summed E-state index contributed by atoms with van der Waals surface area (Å²) in [4.78, 5) is 0. The van der Waals surface area contributed by atoms with Gasteiger partial charge in [0, 0.05) is 6.42 Å². The van der Waals surface area contributed by atoms with Gasteiger partial charge in [0.05, 0.1) is 17.1 Å². The number of hydrogen-bond acceptors (Lipinski definition) is 4. The van der Waals surface area contributed by atoms with E-state index in [0.29, 0.717) is 18.4 Å². The Morgan fingerprint density at radius 3 is 2.90 bits per heavy atom. The summed E-state index contributed by atoms with van der Waals surface area (Å²) in [7, 11) is -3.18. The van der Waals surface area contributed by atoms with Gasteiger partial charge in [0.15, 0.2) is 9.84 Å². The lowest BCUT2D eigenvalue weighted by Gasteiger charge is -2.27. The van der Waals surface area contributed by atoms with E-state index in [4.69, 9.17) is 4.74 Å². The minimum Gasteiger partial charge on any atom is -0.490 e. The molecule has 3 atom stereocenters. The Kier molecular flexibility index (Phi) is 3.50. The predicted octanol–water partition coefficient (Wildman–Crippen LogP) is 2.01. The number of aliphatic hydroxyl groups excluding tert-OH is 1. The van der Waals surface area contributed by atoms with Gasteiger partial charge in [0.2, 0.25) is 0 Å². The van der Waals surface area contributed by atoms with Crippen molar-refractivity contribution in [2.45, 2.75) is 50.1 Å². The fourth-order valence-corrected chi connectivity index (χ4v) is 5.16.